The molecule has 0 radical (unpaired) electrons. The Kier molecular flexibility index (Phi) is 8.88. The van der Waals surface area contributed by atoms with Crippen molar-refractivity contribution in [3.05, 3.63) is 0 Å². The van der Waals surface area contributed by atoms with Crippen molar-refractivity contribution in [2.24, 2.45) is 0 Å². The number of hydrogen-bond donors (Lipinski definition) is 4. The molecule has 0 aliphatic rings. The van der Waals surface area contributed by atoms with Crippen LogP contribution in [0.1, 0.15) is 8.35 Å². The van der Waals surface area contributed by atoms with Crippen LogP contribution in [0.25, 0.3) is 0 Å². The summed E-state index contributed by atoms with van der Waals surface area (Å²) in [7, 11) is 0. The average molecular weight is 173 g/mol. The summed E-state index contributed by atoms with van der Waals surface area (Å²) in [4.78, 5) is 10.1. The van der Waals surface area contributed by atoms with Gasteiger partial charge in [-0.1, -0.05) is 0 Å². The van der Waals surface area contributed by atoms with Gasteiger partial charge < -0.3 is 16.7 Å². The van der Waals surface area contributed by atoms with Gasteiger partial charge >= 0.3 is 35.5 Å². The number of rotatable bonds is 4. The van der Waals surface area contributed by atoms with Crippen LogP contribution < -0.4 is 34.9 Å². The second-order valence-electron chi connectivity index (χ2n) is 1.95. The maximum Gasteiger partial charge on any atom is 1.00 e. The summed E-state index contributed by atoms with van der Waals surface area (Å²) in [6, 6.07) is -0.748. The van der Waals surface area contributed by atoms with Crippen LogP contribution in [0.2, 0.25) is 0 Å². The number of aliphatic carboxylic acids is 1. The average Bonchev–Trinajstić information content (AvgIpc) is 1.82. The van der Waals surface area contributed by atoms with E-state index in [0.717, 1.165) is 0 Å². The first-order valence-electron chi connectivity index (χ1n) is 2.86. The van der Waals surface area contributed by atoms with Gasteiger partial charge in [-0.15, -0.1) is 0 Å². The van der Waals surface area contributed by atoms with E-state index in [-0.39, 0.29) is 37.5 Å². The monoisotopic (exact) mass is 173 g/mol. The van der Waals surface area contributed by atoms with Crippen LogP contribution in [-0.4, -0.2) is 40.2 Å². The summed E-state index contributed by atoms with van der Waals surface area (Å²) < 4.78 is 0. The fraction of sp³-hybridized carbons (Fsp3) is 0.800. The molecule has 0 aromatic heterocycles. The molecule has 0 aromatic rings. The minimum absolute atomic E-state index is 0. The summed E-state index contributed by atoms with van der Waals surface area (Å²) in [5, 5.41) is 27.2. The molecule has 0 aliphatic carbocycles. The Morgan fingerprint density at radius 2 is 2.09 bits per heavy atom. The third-order valence-electron chi connectivity index (χ3n) is 0.977. The molecule has 0 rings (SSSR count). The number of carboxylic acids is 1. The van der Waals surface area contributed by atoms with Gasteiger partial charge in [-0.3, -0.25) is 10.1 Å². The van der Waals surface area contributed by atoms with Gasteiger partial charge in [0.15, 0.2) is 6.29 Å². The predicted molar refractivity (Wildman–Crippen MR) is 34.4 cm³/mol. The Morgan fingerprint density at radius 1 is 1.64 bits per heavy atom. The van der Waals surface area contributed by atoms with Crippen LogP contribution in [0.3, 0.4) is 0 Å². The second kappa shape index (κ2) is 7.02. The zero-order chi connectivity index (χ0) is 8.15. The standard InChI is InChI=1S/C5H11NO4.Na.H/c1-3(5(9)10)6-2-4(7)8;;/h3-4,6-8H,2H2,1H3,(H,9,10);;/q;+1;-1. The maximum absolute atomic E-state index is 10.1. The molecule has 1 unspecified atom stereocenters. The molecular formula is C5H12NNaO4. The zero-order valence-electron chi connectivity index (χ0n) is 7.61. The number of aliphatic hydroxyl groups excluding tert-OH is 1. The largest absolute Gasteiger partial charge is 1.00 e. The molecule has 62 valence electrons. The van der Waals surface area contributed by atoms with Crippen molar-refractivity contribution in [3.63, 3.8) is 0 Å². The number of carboxylic acid groups (broad SMARTS) is 1. The molecule has 0 aliphatic heterocycles. The van der Waals surface area contributed by atoms with Gasteiger partial charge in [0.05, 0.1) is 0 Å². The summed E-state index contributed by atoms with van der Waals surface area (Å²) in [5.74, 6) is -1.01. The third-order valence-corrected chi connectivity index (χ3v) is 0.977. The van der Waals surface area contributed by atoms with Crippen LogP contribution in [0.15, 0.2) is 0 Å². The SMILES string of the molecule is CC(NCC(O)O)C(=O)O.[H-].[Na+]. The topological polar surface area (TPSA) is 89.8 Å². The van der Waals surface area contributed by atoms with Gasteiger partial charge in [0, 0.05) is 6.54 Å². The molecule has 5 nitrogen and oxygen atoms in total. The van der Waals surface area contributed by atoms with Gasteiger partial charge in [-0.05, 0) is 6.92 Å². The molecule has 0 spiro atoms. The van der Waals surface area contributed by atoms with E-state index in [0.29, 0.717) is 0 Å². The Bertz CT molecular complexity index is 124. The maximum atomic E-state index is 10.1. The third kappa shape index (κ3) is 8.25. The van der Waals surface area contributed by atoms with Gasteiger partial charge in [0.25, 0.3) is 0 Å². The quantitative estimate of drug-likeness (QED) is 0.254. The van der Waals surface area contributed by atoms with Crippen LogP contribution in [0.5, 0.6) is 0 Å². The molecular weight excluding hydrogens is 161 g/mol. The Balaban J connectivity index is -0.000000405. The number of hydrogen-bond acceptors (Lipinski definition) is 4. The van der Waals surface area contributed by atoms with Crippen molar-refractivity contribution in [2.45, 2.75) is 19.3 Å². The molecule has 0 saturated carbocycles. The zero-order valence-corrected chi connectivity index (χ0v) is 8.61. The van der Waals surface area contributed by atoms with Crippen LogP contribution in [-0.2, 0) is 4.79 Å². The minimum Gasteiger partial charge on any atom is -1.00 e. The smallest absolute Gasteiger partial charge is 1.00 e. The first-order valence-corrected chi connectivity index (χ1v) is 2.86. The second-order valence-corrected chi connectivity index (χ2v) is 1.95. The molecule has 6 heteroatoms. The Morgan fingerprint density at radius 3 is 2.36 bits per heavy atom. The summed E-state index contributed by atoms with van der Waals surface area (Å²) >= 11 is 0. The van der Waals surface area contributed by atoms with Crippen molar-refractivity contribution in [1.29, 1.82) is 0 Å². The van der Waals surface area contributed by atoms with E-state index in [1.807, 2.05) is 0 Å². The summed E-state index contributed by atoms with van der Waals surface area (Å²) in [6.07, 6.45) is -1.50. The van der Waals surface area contributed by atoms with Crippen molar-refractivity contribution in [3.8, 4) is 0 Å². The van der Waals surface area contributed by atoms with E-state index in [4.69, 9.17) is 15.3 Å². The Hall–Kier alpha value is 0.350. The first kappa shape index (κ1) is 13.9. The number of nitrogens with one attached hydrogen (secondary N) is 1. The van der Waals surface area contributed by atoms with E-state index in [1.54, 1.807) is 0 Å². The molecule has 4 N–H and O–H groups in total. The van der Waals surface area contributed by atoms with Crippen molar-refractivity contribution >= 4 is 5.97 Å². The molecule has 0 bridgehead atoms. The van der Waals surface area contributed by atoms with Gasteiger partial charge in [0.2, 0.25) is 0 Å². The van der Waals surface area contributed by atoms with E-state index < -0.39 is 18.3 Å². The molecule has 11 heavy (non-hydrogen) atoms. The van der Waals surface area contributed by atoms with Crippen molar-refractivity contribution < 1.29 is 51.1 Å². The molecule has 0 aromatic carbocycles. The normalized spacial score (nSPS) is 12.4. The summed E-state index contributed by atoms with van der Waals surface area (Å²) in [6.45, 7) is 1.29. The molecule has 0 fully saturated rings. The number of aliphatic hydroxyl groups is 2. The molecule has 0 amide bonds. The number of carbonyl (C=O) groups is 1. The van der Waals surface area contributed by atoms with E-state index in [9.17, 15) is 4.79 Å². The minimum atomic E-state index is -1.50. The summed E-state index contributed by atoms with van der Waals surface area (Å²) in [5.41, 5.74) is 0. The van der Waals surface area contributed by atoms with E-state index >= 15 is 0 Å². The van der Waals surface area contributed by atoms with Gasteiger partial charge in [0.1, 0.15) is 6.04 Å². The fourth-order valence-electron chi connectivity index (χ4n) is 0.369. The predicted octanol–water partition coefficient (Wildman–Crippen LogP) is -4.52. The molecule has 0 heterocycles. The van der Waals surface area contributed by atoms with Gasteiger partial charge in [-0.2, -0.15) is 0 Å². The Labute approximate surface area is 88.2 Å². The van der Waals surface area contributed by atoms with Crippen LogP contribution in [0, 0.1) is 0 Å². The van der Waals surface area contributed by atoms with E-state index in [2.05, 4.69) is 5.32 Å². The molecule has 1 atom stereocenters. The fourth-order valence-corrected chi connectivity index (χ4v) is 0.369. The first-order chi connectivity index (χ1) is 4.54. The molecule has 0 saturated heterocycles. The van der Waals surface area contributed by atoms with Crippen LogP contribution in [0.4, 0.5) is 0 Å². The van der Waals surface area contributed by atoms with E-state index in [1.165, 1.54) is 6.92 Å². The van der Waals surface area contributed by atoms with Crippen LogP contribution >= 0.6 is 0 Å². The van der Waals surface area contributed by atoms with Crippen molar-refractivity contribution in [1.82, 2.24) is 5.32 Å². The van der Waals surface area contributed by atoms with Gasteiger partial charge in [-0.25, -0.2) is 0 Å². The van der Waals surface area contributed by atoms with Crippen molar-refractivity contribution in [2.75, 3.05) is 6.54 Å².